The molecule has 1 N–H and O–H groups in total. The first kappa shape index (κ1) is 10.2. The van der Waals surface area contributed by atoms with Gasteiger partial charge in [-0.1, -0.05) is 0 Å². The number of carbonyl (C=O) groups excluding carboxylic acids is 2. The van der Waals surface area contributed by atoms with E-state index in [9.17, 15) is 14.4 Å². The fourth-order valence-corrected chi connectivity index (χ4v) is 1.18. The van der Waals surface area contributed by atoms with Gasteiger partial charge in [0.2, 0.25) is 0 Å². The summed E-state index contributed by atoms with van der Waals surface area (Å²) in [7, 11) is 0. The fourth-order valence-electron chi connectivity index (χ4n) is 1.18. The van der Waals surface area contributed by atoms with Crippen LogP contribution in [0.15, 0.2) is 22.8 Å². The molecule has 0 saturated carbocycles. The fraction of sp³-hybridized carbons (Fsp3) is 0.222. The lowest BCUT2D eigenvalue weighted by molar-refractivity contribution is -0.151. The molecule has 1 heterocycles. The van der Waals surface area contributed by atoms with Crippen molar-refractivity contribution in [2.45, 2.75) is 13.8 Å². The number of carbonyl (C=O) groups is 3. The monoisotopic (exact) mass is 196 g/mol. The molecule has 74 valence electrons. The van der Waals surface area contributed by atoms with Crippen molar-refractivity contribution >= 4 is 17.9 Å². The summed E-state index contributed by atoms with van der Waals surface area (Å²) in [6.07, 6.45) is 0.860. The molecule has 0 fully saturated rings. The van der Waals surface area contributed by atoms with E-state index < -0.39 is 17.9 Å². The standard InChI is InChI=1S/C9H8O5/c1-4(3-6(10)11)7-5(2)8(12)14-9(7)13/h3H,1-2H3,(H,10,11)/b4-3-. The van der Waals surface area contributed by atoms with Gasteiger partial charge < -0.3 is 9.84 Å². The van der Waals surface area contributed by atoms with Crippen LogP contribution in [-0.2, 0) is 19.1 Å². The summed E-state index contributed by atoms with van der Waals surface area (Å²) in [5.41, 5.74) is 0.397. The van der Waals surface area contributed by atoms with Crippen molar-refractivity contribution in [3.05, 3.63) is 22.8 Å². The zero-order chi connectivity index (χ0) is 10.9. The van der Waals surface area contributed by atoms with Gasteiger partial charge in [0.25, 0.3) is 0 Å². The summed E-state index contributed by atoms with van der Waals surface area (Å²) >= 11 is 0. The number of hydrogen-bond acceptors (Lipinski definition) is 4. The molecule has 0 aromatic carbocycles. The lowest BCUT2D eigenvalue weighted by Crippen LogP contribution is -2.03. The van der Waals surface area contributed by atoms with E-state index in [-0.39, 0.29) is 16.7 Å². The highest BCUT2D eigenvalue weighted by atomic mass is 16.6. The molecule has 5 nitrogen and oxygen atoms in total. The van der Waals surface area contributed by atoms with Crippen LogP contribution in [-0.4, -0.2) is 23.0 Å². The molecule has 0 saturated heterocycles. The third kappa shape index (κ3) is 1.71. The molecule has 0 unspecified atom stereocenters. The Balaban J connectivity index is 3.15. The summed E-state index contributed by atoms with van der Waals surface area (Å²) in [6, 6.07) is 0. The van der Waals surface area contributed by atoms with E-state index in [1.165, 1.54) is 13.8 Å². The van der Waals surface area contributed by atoms with Crippen molar-refractivity contribution in [3.8, 4) is 0 Å². The molecule has 0 aliphatic carbocycles. The first-order valence-electron chi connectivity index (χ1n) is 3.82. The molecule has 0 amide bonds. The average molecular weight is 196 g/mol. The summed E-state index contributed by atoms with van der Waals surface area (Å²) < 4.78 is 4.30. The van der Waals surface area contributed by atoms with Crippen molar-refractivity contribution < 1.29 is 24.2 Å². The second-order valence-electron chi connectivity index (χ2n) is 2.84. The molecule has 5 heteroatoms. The van der Waals surface area contributed by atoms with Crippen LogP contribution >= 0.6 is 0 Å². The van der Waals surface area contributed by atoms with E-state index >= 15 is 0 Å². The molecule has 1 rings (SSSR count). The molecule has 0 spiro atoms. The van der Waals surface area contributed by atoms with E-state index in [0.717, 1.165) is 6.08 Å². The molecular formula is C9H8O5. The van der Waals surface area contributed by atoms with E-state index in [4.69, 9.17) is 5.11 Å². The minimum Gasteiger partial charge on any atom is -0.478 e. The second kappa shape index (κ2) is 3.45. The number of aliphatic carboxylic acids is 1. The van der Waals surface area contributed by atoms with Gasteiger partial charge in [-0.2, -0.15) is 0 Å². The molecule has 1 aliphatic heterocycles. The van der Waals surface area contributed by atoms with Crippen molar-refractivity contribution in [2.24, 2.45) is 0 Å². The summed E-state index contributed by atoms with van der Waals surface area (Å²) in [5.74, 6) is -2.68. The van der Waals surface area contributed by atoms with Crippen LogP contribution in [0.25, 0.3) is 0 Å². The van der Waals surface area contributed by atoms with Gasteiger partial charge in [-0.05, 0) is 19.4 Å². The first-order chi connectivity index (χ1) is 6.43. The third-order valence-electron chi connectivity index (χ3n) is 1.81. The van der Waals surface area contributed by atoms with Crippen LogP contribution in [0.2, 0.25) is 0 Å². The van der Waals surface area contributed by atoms with Gasteiger partial charge in [0.1, 0.15) is 0 Å². The van der Waals surface area contributed by atoms with Crippen LogP contribution in [0.5, 0.6) is 0 Å². The number of rotatable bonds is 2. The molecule has 0 bridgehead atoms. The van der Waals surface area contributed by atoms with E-state index in [1.807, 2.05) is 0 Å². The number of hydrogen-bond donors (Lipinski definition) is 1. The van der Waals surface area contributed by atoms with Crippen LogP contribution in [0.1, 0.15) is 13.8 Å². The molecule has 0 aromatic heterocycles. The van der Waals surface area contributed by atoms with E-state index in [0.29, 0.717) is 0 Å². The Kier molecular flexibility index (Phi) is 2.51. The number of esters is 2. The highest BCUT2D eigenvalue weighted by molar-refractivity contribution is 6.14. The molecule has 0 radical (unpaired) electrons. The van der Waals surface area contributed by atoms with Gasteiger partial charge in [-0.3, -0.25) is 0 Å². The highest BCUT2D eigenvalue weighted by Crippen LogP contribution is 2.23. The molecule has 0 aromatic rings. The van der Waals surface area contributed by atoms with Crippen molar-refractivity contribution in [1.82, 2.24) is 0 Å². The van der Waals surface area contributed by atoms with Gasteiger partial charge in [-0.25, -0.2) is 14.4 Å². The maximum absolute atomic E-state index is 11.1. The number of cyclic esters (lactones) is 2. The minimum absolute atomic E-state index is 0.0393. The Morgan fingerprint density at radius 1 is 1.36 bits per heavy atom. The highest BCUT2D eigenvalue weighted by Gasteiger charge is 2.30. The van der Waals surface area contributed by atoms with Crippen LogP contribution in [0.3, 0.4) is 0 Å². The summed E-state index contributed by atoms with van der Waals surface area (Å²) in [4.78, 5) is 32.3. The average Bonchev–Trinajstić information content (AvgIpc) is 2.25. The number of carboxylic acid groups (broad SMARTS) is 1. The van der Waals surface area contributed by atoms with Crippen LogP contribution in [0.4, 0.5) is 0 Å². The van der Waals surface area contributed by atoms with Crippen molar-refractivity contribution in [3.63, 3.8) is 0 Å². The Morgan fingerprint density at radius 3 is 2.29 bits per heavy atom. The van der Waals surface area contributed by atoms with Gasteiger partial charge >= 0.3 is 17.9 Å². The molecule has 1 aliphatic rings. The summed E-state index contributed by atoms with van der Waals surface area (Å²) in [5, 5.41) is 8.45. The maximum Gasteiger partial charge on any atom is 0.346 e. The van der Waals surface area contributed by atoms with Gasteiger partial charge in [0.15, 0.2) is 0 Å². The Bertz CT molecular complexity index is 386. The SMILES string of the molecule is CC1=C(/C(C)=C\C(=O)O)C(=O)OC1=O. The van der Waals surface area contributed by atoms with Crippen LogP contribution in [0, 0.1) is 0 Å². The molecule has 0 atom stereocenters. The van der Waals surface area contributed by atoms with Crippen molar-refractivity contribution in [1.29, 1.82) is 0 Å². The Hall–Kier alpha value is -1.91. The zero-order valence-electron chi connectivity index (χ0n) is 7.66. The predicted molar refractivity (Wildman–Crippen MR) is 45.2 cm³/mol. The number of carboxylic acids is 1. The zero-order valence-corrected chi connectivity index (χ0v) is 7.66. The summed E-state index contributed by atoms with van der Waals surface area (Å²) in [6.45, 7) is 2.86. The van der Waals surface area contributed by atoms with E-state index in [1.54, 1.807) is 0 Å². The third-order valence-corrected chi connectivity index (χ3v) is 1.81. The predicted octanol–water partition coefficient (Wildman–Crippen LogP) is 0.417. The largest absolute Gasteiger partial charge is 0.478 e. The normalized spacial score (nSPS) is 17.4. The maximum atomic E-state index is 11.1. The second-order valence-corrected chi connectivity index (χ2v) is 2.84. The molecule has 14 heavy (non-hydrogen) atoms. The lowest BCUT2D eigenvalue weighted by Gasteiger charge is -1.96. The first-order valence-corrected chi connectivity index (χ1v) is 3.82. The number of ether oxygens (including phenoxy) is 1. The quantitative estimate of drug-likeness (QED) is 0.393. The van der Waals surface area contributed by atoms with Gasteiger partial charge in [0, 0.05) is 11.6 Å². The van der Waals surface area contributed by atoms with Crippen molar-refractivity contribution in [2.75, 3.05) is 0 Å². The van der Waals surface area contributed by atoms with Gasteiger partial charge in [0.05, 0.1) is 5.57 Å². The Labute approximate surface area is 79.7 Å². The topological polar surface area (TPSA) is 80.7 Å². The minimum atomic E-state index is -1.17. The van der Waals surface area contributed by atoms with Crippen LogP contribution < -0.4 is 0 Å². The smallest absolute Gasteiger partial charge is 0.346 e. The van der Waals surface area contributed by atoms with E-state index in [2.05, 4.69) is 4.74 Å². The molecular weight excluding hydrogens is 188 g/mol. The van der Waals surface area contributed by atoms with Gasteiger partial charge in [-0.15, -0.1) is 0 Å². The lowest BCUT2D eigenvalue weighted by atomic mass is 10.0. The Morgan fingerprint density at radius 2 is 1.93 bits per heavy atom.